The minimum Gasteiger partial charge on any atom is -0.495 e. The van der Waals surface area contributed by atoms with E-state index in [1.54, 1.807) is 7.11 Å². The van der Waals surface area contributed by atoms with Crippen LogP contribution in [0.2, 0.25) is 0 Å². The second-order valence-electron chi connectivity index (χ2n) is 6.95. The number of carbonyl (C=O) groups is 2. The number of nitrogens with one attached hydrogen (secondary N) is 1. The molecule has 1 N–H and O–H groups in total. The molecular formula is C18H25NO4. The lowest BCUT2D eigenvalue weighted by atomic mass is 9.86. The number of hydrogen-bond acceptors (Lipinski definition) is 4. The Labute approximate surface area is 137 Å². The lowest BCUT2D eigenvalue weighted by Gasteiger charge is -2.23. The van der Waals surface area contributed by atoms with Crippen LogP contribution in [0.5, 0.6) is 5.75 Å². The monoisotopic (exact) mass is 319 g/mol. The maximum atomic E-state index is 12.0. The summed E-state index contributed by atoms with van der Waals surface area (Å²) < 4.78 is 10.3. The SMILES string of the molecule is COc1ccc(C(C)(C)C)cc1NC(=O)COC(=O)C1CCC1. The van der Waals surface area contributed by atoms with Crippen LogP contribution in [0.3, 0.4) is 0 Å². The molecule has 1 aromatic carbocycles. The molecule has 0 heterocycles. The van der Waals surface area contributed by atoms with Gasteiger partial charge >= 0.3 is 5.97 Å². The van der Waals surface area contributed by atoms with Gasteiger partial charge in [-0.2, -0.15) is 0 Å². The average Bonchev–Trinajstić information content (AvgIpc) is 2.42. The first-order valence-electron chi connectivity index (χ1n) is 7.96. The van der Waals surface area contributed by atoms with Gasteiger partial charge in [0.05, 0.1) is 18.7 Å². The maximum Gasteiger partial charge on any atom is 0.309 e. The van der Waals surface area contributed by atoms with E-state index in [1.165, 1.54) is 0 Å². The Hall–Kier alpha value is -2.04. The number of hydrogen-bond donors (Lipinski definition) is 1. The van der Waals surface area contributed by atoms with Crippen LogP contribution >= 0.6 is 0 Å². The van der Waals surface area contributed by atoms with Gasteiger partial charge in [0.25, 0.3) is 5.91 Å². The smallest absolute Gasteiger partial charge is 0.309 e. The Morgan fingerprint density at radius 2 is 1.96 bits per heavy atom. The highest BCUT2D eigenvalue weighted by Gasteiger charge is 2.27. The van der Waals surface area contributed by atoms with Crippen LogP contribution in [0, 0.1) is 5.92 Å². The van der Waals surface area contributed by atoms with Crippen molar-refractivity contribution < 1.29 is 19.1 Å². The third-order valence-corrected chi connectivity index (χ3v) is 4.12. The summed E-state index contributed by atoms with van der Waals surface area (Å²) >= 11 is 0. The van der Waals surface area contributed by atoms with Crippen LogP contribution in [-0.2, 0) is 19.7 Å². The molecule has 2 rings (SSSR count). The lowest BCUT2D eigenvalue weighted by Crippen LogP contribution is -2.28. The van der Waals surface area contributed by atoms with Crippen LogP contribution in [0.4, 0.5) is 5.69 Å². The molecular weight excluding hydrogens is 294 g/mol. The van der Waals surface area contributed by atoms with E-state index in [0.29, 0.717) is 11.4 Å². The maximum absolute atomic E-state index is 12.0. The molecule has 0 aliphatic heterocycles. The van der Waals surface area contributed by atoms with E-state index >= 15 is 0 Å². The summed E-state index contributed by atoms with van der Waals surface area (Å²) in [5.74, 6) is -0.0814. The van der Waals surface area contributed by atoms with Crippen LogP contribution in [0.15, 0.2) is 18.2 Å². The number of esters is 1. The van der Waals surface area contributed by atoms with E-state index in [2.05, 4.69) is 26.1 Å². The molecule has 1 aromatic rings. The highest BCUT2D eigenvalue weighted by atomic mass is 16.5. The van der Waals surface area contributed by atoms with E-state index < -0.39 is 0 Å². The van der Waals surface area contributed by atoms with Gasteiger partial charge in [0.1, 0.15) is 5.75 Å². The van der Waals surface area contributed by atoms with Gasteiger partial charge in [-0.15, -0.1) is 0 Å². The average molecular weight is 319 g/mol. The number of ether oxygens (including phenoxy) is 2. The van der Waals surface area contributed by atoms with Gasteiger partial charge in [-0.25, -0.2) is 0 Å². The fourth-order valence-electron chi connectivity index (χ4n) is 2.36. The minimum atomic E-state index is -0.359. The summed E-state index contributed by atoms with van der Waals surface area (Å²) in [7, 11) is 1.55. The molecule has 1 aliphatic rings. The third-order valence-electron chi connectivity index (χ3n) is 4.12. The number of rotatable bonds is 5. The first kappa shape index (κ1) is 17.3. The third kappa shape index (κ3) is 4.47. The highest BCUT2D eigenvalue weighted by molar-refractivity contribution is 5.94. The fourth-order valence-corrected chi connectivity index (χ4v) is 2.36. The van der Waals surface area contributed by atoms with Gasteiger partial charge in [0.15, 0.2) is 6.61 Å². The number of anilines is 1. The second kappa shape index (κ2) is 7.02. The van der Waals surface area contributed by atoms with Crippen molar-refractivity contribution in [1.82, 2.24) is 0 Å². The Morgan fingerprint density at radius 1 is 1.26 bits per heavy atom. The van der Waals surface area contributed by atoms with Gasteiger partial charge in [0.2, 0.25) is 0 Å². The quantitative estimate of drug-likeness (QED) is 0.846. The first-order valence-corrected chi connectivity index (χ1v) is 7.96. The van der Waals surface area contributed by atoms with Gasteiger partial charge in [-0.1, -0.05) is 33.3 Å². The van der Waals surface area contributed by atoms with E-state index in [0.717, 1.165) is 24.8 Å². The first-order chi connectivity index (χ1) is 10.8. The van der Waals surface area contributed by atoms with Gasteiger partial charge in [-0.05, 0) is 36.0 Å². The predicted molar refractivity (Wildman–Crippen MR) is 88.6 cm³/mol. The molecule has 1 amide bonds. The number of benzene rings is 1. The predicted octanol–water partition coefficient (Wildman–Crippen LogP) is 3.27. The summed E-state index contributed by atoms with van der Waals surface area (Å²) in [6, 6.07) is 5.70. The molecule has 0 bridgehead atoms. The van der Waals surface area contributed by atoms with Crippen molar-refractivity contribution in [3.63, 3.8) is 0 Å². The zero-order valence-electron chi connectivity index (χ0n) is 14.3. The van der Waals surface area contributed by atoms with Gasteiger partial charge < -0.3 is 14.8 Å². The van der Waals surface area contributed by atoms with Crippen LogP contribution in [-0.4, -0.2) is 25.6 Å². The molecule has 5 heteroatoms. The Bertz CT molecular complexity index is 585. The van der Waals surface area contributed by atoms with Crippen molar-refractivity contribution in [3.8, 4) is 5.75 Å². The second-order valence-corrected chi connectivity index (χ2v) is 6.95. The van der Waals surface area contributed by atoms with E-state index in [4.69, 9.17) is 9.47 Å². The molecule has 0 aromatic heterocycles. The Morgan fingerprint density at radius 3 is 2.48 bits per heavy atom. The van der Waals surface area contributed by atoms with Crippen molar-refractivity contribution in [1.29, 1.82) is 0 Å². The summed E-state index contributed by atoms with van der Waals surface area (Å²) in [6.07, 6.45) is 2.78. The van der Waals surface area contributed by atoms with Crippen LogP contribution < -0.4 is 10.1 Å². The van der Waals surface area contributed by atoms with Crippen molar-refractivity contribution in [3.05, 3.63) is 23.8 Å². The summed E-state index contributed by atoms with van der Waals surface area (Å²) in [5.41, 5.74) is 1.63. The summed E-state index contributed by atoms with van der Waals surface area (Å²) in [4.78, 5) is 23.7. The highest BCUT2D eigenvalue weighted by Crippen LogP contribution is 2.31. The molecule has 0 radical (unpaired) electrons. The molecule has 1 aliphatic carbocycles. The zero-order chi connectivity index (χ0) is 17.0. The molecule has 0 spiro atoms. The zero-order valence-corrected chi connectivity index (χ0v) is 14.3. The largest absolute Gasteiger partial charge is 0.495 e. The minimum absolute atomic E-state index is 0.0263. The standard InChI is InChI=1S/C18H25NO4/c1-18(2,3)13-8-9-15(22-4)14(10-13)19-16(20)11-23-17(21)12-6-5-7-12/h8-10,12H,5-7,11H2,1-4H3,(H,19,20). The van der Waals surface area contributed by atoms with E-state index in [1.807, 2.05) is 18.2 Å². The topological polar surface area (TPSA) is 64.6 Å². The van der Waals surface area contributed by atoms with Gasteiger partial charge in [0, 0.05) is 0 Å². The molecule has 5 nitrogen and oxygen atoms in total. The Balaban J connectivity index is 1.99. The van der Waals surface area contributed by atoms with Crippen LogP contribution in [0.1, 0.15) is 45.6 Å². The summed E-state index contributed by atoms with van der Waals surface area (Å²) in [6.45, 7) is 6.03. The van der Waals surface area contributed by atoms with Crippen molar-refractivity contribution in [2.24, 2.45) is 5.92 Å². The number of amides is 1. The summed E-state index contributed by atoms with van der Waals surface area (Å²) in [5, 5.41) is 2.76. The molecule has 1 fully saturated rings. The van der Waals surface area contributed by atoms with Gasteiger partial charge in [-0.3, -0.25) is 9.59 Å². The van der Waals surface area contributed by atoms with Crippen molar-refractivity contribution in [2.75, 3.05) is 19.0 Å². The molecule has 126 valence electrons. The molecule has 0 atom stereocenters. The molecule has 1 saturated carbocycles. The van der Waals surface area contributed by atoms with E-state index in [-0.39, 0.29) is 29.8 Å². The number of methoxy groups -OCH3 is 1. The normalized spacial score (nSPS) is 14.8. The lowest BCUT2D eigenvalue weighted by molar-refractivity contribution is -0.154. The van der Waals surface area contributed by atoms with Crippen molar-refractivity contribution >= 4 is 17.6 Å². The molecule has 23 heavy (non-hydrogen) atoms. The fraction of sp³-hybridized carbons (Fsp3) is 0.556. The molecule has 0 saturated heterocycles. The van der Waals surface area contributed by atoms with E-state index in [9.17, 15) is 9.59 Å². The van der Waals surface area contributed by atoms with Crippen molar-refractivity contribution in [2.45, 2.75) is 45.4 Å². The Kier molecular flexibility index (Phi) is 5.29. The van der Waals surface area contributed by atoms with Crippen LogP contribution in [0.25, 0.3) is 0 Å². The number of carbonyl (C=O) groups excluding carboxylic acids is 2. The molecule has 0 unspecified atom stereocenters.